The number of carbonyl (C=O) groups is 3. The molecule has 0 aliphatic carbocycles. The molecule has 0 saturated heterocycles. The number of benzene rings is 3. The number of allylic oxidation sites excluding steroid dienone is 8. The smallest absolute Gasteiger partial charge is 0.326 e. The molecule has 2 aliphatic heterocycles. The Morgan fingerprint density at radius 1 is 0.891 bits per heavy atom. The van der Waals surface area contributed by atoms with Gasteiger partial charge in [0.2, 0.25) is 11.6 Å². The molecule has 2 aliphatic rings. The van der Waals surface area contributed by atoms with Crippen molar-refractivity contribution >= 4 is 79.9 Å². The number of amides is 1. The van der Waals surface area contributed by atoms with Crippen molar-refractivity contribution in [2.24, 2.45) is 0 Å². The van der Waals surface area contributed by atoms with E-state index in [1.807, 2.05) is 68.5 Å². The van der Waals surface area contributed by atoms with E-state index >= 15 is 0 Å². The number of para-hydroxylation sites is 1. The van der Waals surface area contributed by atoms with Gasteiger partial charge in [-0.3, -0.25) is 14.1 Å². The Morgan fingerprint density at radius 3 is 2.31 bits per heavy atom. The van der Waals surface area contributed by atoms with Crippen LogP contribution < -0.4 is 10.2 Å². The van der Waals surface area contributed by atoms with Crippen LogP contribution in [0.25, 0.3) is 10.8 Å². The summed E-state index contributed by atoms with van der Waals surface area (Å²) in [6.07, 6.45) is 15.4. The second kappa shape index (κ2) is 22.4. The number of nitrogens with zero attached hydrogens (tertiary/aromatic N) is 2. The zero-order valence-electron chi connectivity index (χ0n) is 35.6. The van der Waals surface area contributed by atoms with Gasteiger partial charge in [0.15, 0.2) is 5.71 Å². The van der Waals surface area contributed by atoms with E-state index in [0.717, 1.165) is 40.4 Å². The zero-order chi connectivity index (χ0) is 46.7. The van der Waals surface area contributed by atoms with E-state index in [2.05, 4.69) is 65.6 Å². The van der Waals surface area contributed by atoms with E-state index < -0.39 is 45.8 Å². The molecular weight excluding hydrogens is 891 g/mol. The highest BCUT2D eigenvalue weighted by atomic mass is 32.2. The summed E-state index contributed by atoms with van der Waals surface area (Å²) < 4.78 is 47.4. The van der Waals surface area contributed by atoms with Crippen molar-refractivity contribution in [1.82, 2.24) is 5.32 Å². The molecule has 0 spiro atoms. The van der Waals surface area contributed by atoms with Crippen LogP contribution >= 0.6 is 24.1 Å². The first-order chi connectivity index (χ1) is 30.4. The van der Waals surface area contributed by atoms with Crippen LogP contribution in [0.15, 0.2) is 107 Å². The Labute approximate surface area is 379 Å². The number of hydrogen-bond donors (Lipinski definition) is 6. The topological polar surface area (TPSA) is 242 Å². The predicted molar refractivity (Wildman–Crippen MR) is 242 cm³/mol. The molecule has 3 aromatic carbocycles. The van der Waals surface area contributed by atoms with Gasteiger partial charge in [0.25, 0.3) is 10.1 Å². The van der Waals surface area contributed by atoms with Crippen LogP contribution in [0.2, 0.25) is 0 Å². The molecule has 20 heteroatoms. The van der Waals surface area contributed by atoms with Crippen molar-refractivity contribution in [2.75, 3.05) is 23.7 Å². The van der Waals surface area contributed by atoms with Gasteiger partial charge in [-0.25, -0.2) is 15.3 Å². The number of anilines is 1. The number of nitrogens with one attached hydrogen (secondary N) is 1. The lowest BCUT2D eigenvalue weighted by Gasteiger charge is -2.27. The van der Waals surface area contributed by atoms with E-state index in [4.69, 9.17) is 15.6 Å². The summed E-state index contributed by atoms with van der Waals surface area (Å²) in [5, 5.41) is 46.0. The number of fused-ring (bicyclic) bond motifs is 4. The van der Waals surface area contributed by atoms with Crippen LogP contribution in [0.3, 0.4) is 0 Å². The molecular formula is C44H52N3O14S3+. The summed E-state index contributed by atoms with van der Waals surface area (Å²) >= 11 is 1.55. The molecule has 0 bridgehead atoms. The minimum absolute atomic E-state index is 0.0516. The van der Waals surface area contributed by atoms with Gasteiger partial charge in [-0.05, 0) is 74.4 Å². The number of rotatable bonds is 24. The van der Waals surface area contributed by atoms with E-state index in [0.29, 0.717) is 72.9 Å². The molecule has 64 heavy (non-hydrogen) atoms. The first-order valence-corrected chi connectivity index (χ1v) is 23.3. The van der Waals surface area contributed by atoms with E-state index in [-0.39, 0.29) is 21.6 Å². The average Bonchev–Trinajstić information content (AvgIpc) is 3.59. The fourth-order valence-corrected chi connectivity index (χ4v) is 9.95. The highest BCUT2D eigenvalue weighted by Crippen LogP contribution is 2.49. The van der Waals surface area contributed by atoms with Crippen molar-refractivity contribution in [3.8, 4) is 0 Å². The third-order valence-corrected chi connectivity index (χ3v) is 13.1. The molecule has 1 unspecified atom stereocenters. The number of aliphatic carboxylic acids is 2. The van der Waals surface area contributed by atoms with Crippen molar-refractivity contribution in [3.05, 3.63) is 108 Å². The summed E-state index contributed by atoms with van der Waals surface area (Å²) in [6.45, 7) is 9.41. The minimum Gasteiger partial charge on any atom is -0.481 e. The van der Waals surface area contributed by atoms with Crippen LogP contribution in [-0.4, -0.2) is 86.7 Å². The Balaban J connectivity index is 1.37. The van der Waals surface area contributed by atoms with E-state index in [1.165, 1.54) is 6.07 Å². The maximum absolute atomic E-state index is 12.9. The van der Waals surface area contributed by atoms with Gasteiger partial charge >= 0.3 is 11.9 Å². The standard InChI is InChI=1S/C44H51N3O14S3/c1-43(2)31-16-10-11-17-33(31)46(23-13-12-20-38(48)45-32(42(51)52)28-39(49)50)36(43)18-8-6-5-7-9-19-37-44(3,4)41-34(47(37)24-14-15-25-62-60-58-53)22-21-29-26-30(63-61-59-54)27-35(40(29)41)64(55,56)57/h5-11,16-19,21-22,26-27,32H,12-15,20,23-25,28H2,1-4H3,(H5-,45,48,49,50,51,52,53,54,55,56,57)/p+1. The van der Waals surface area contributed by atoms with Gasteiger partial charge in [0.05, 0.1) is 23.9 Å². The molecule has 3 aromatic rings. The lowest BCUT2D eigenvalue weighted by Crippen LogP contribution is -2.42. The SMILES string of the molecule is CC1(C)C(/C=C/C=C/C=C/C=C2/N(CCCCC(=O)NC(CC(=O)O)C(=O)O)c3ccccc3C2(C)C)=[N+](CCCCSOOO)c2ccc3cc(SOOO)cc(S(=O)(=O)O)c3c21. The summed E-state index contributed by atoms with van der Waals surface area (Å²) in [5.41, 5.74) is 4.51. The molecule has 6 N–H and O–H groups in total. The van der Waals surface area contributed by atoms with Crippen molar-refractivity contribution < 1.29 is 71.4 Å². The maximum Gasteiger partial charge on any atom is 0.326 e. The summed E-state index contributed by atoms with van der Waals surface area (Å²) in [5.74, 6) is -2.69. The average molecular weight is 943 g/mol. The van der Waals surface area contributed by atoms with Gasteiger partial charge in [-0.2, -0.15) is 13.0 Å². The number of unbranched alkanes of at least 4 members (excludes halogenated alkanes) is 2. The molecule has 0 radical (unpaired) electrons. The first kappa shape index (κ1) is 50.1. The first-order valence-electron chi connectivity index (χ1n) is 20.2. The summed E-state index contributed by atoms with van der Waals surface area (Å²) in [6, 6.07) is 13.2. The largest absolute Gasteiger partial charge is 0.481 e. The monoisotopic (exact) mass is 942 g/mol. The molecule has 5 rings (SSSR count). The Hall–Kier alpha value is -4.87. The molecule has 344 valence electrons. The maximum atomic E-state index is 12.9. The van der Waals surface area contributed by atoms with Crippen LogP contribution in [0.1, 0.15) is 77.3 Å². The second-order valence-corrected chi connectivity index (χ2v) is 18.9. The van der Waals surface area contributed by atoms with Crippen molar-refractivity contribution in [3.63, 3.8) is 0 Å². The highest BCUT2D eigenvalue weighted by molar-refractivity contribution is 7.94. The quantitative estimate of drug-likeness (QED) is 0.00941. The van der Waals surface area contributed by atoms with Gasteiger partial charge < -0.3 is 20.4 Å². The fraction of sp³-hybridized carbons (Fsp3) is 0.364. The third kappa shape index (κ3) is 12.1. The van der Waals surface area contributed by atoms with Crippen LogP contribution in [-0.2, 0) is 54.1 Å². The molecule has 1 atom stereocenters. The second-order valence-electron chi connectivity index (χ2n) is 16.0. The number of carboxylic acid groups (broad SMARTS) is 2. The van der Waals surface area contributed by atoms with Gasteiger partial charge in [-0.15, -0.1) is 8.67 Å². The number of carbonyl (C=O) groups excluding carboxylic acids is 1. The summed E-state index contributed by atoms with van der Waals surface area (Å²) in [7, 11) is -4.73. The predicted octanol–water partition coefficient (Wildman–Crippen LogP) is 8.31. The molecule has 0 fully saturated rings. The van der Waals surface area contributed by atoms with Gasteiger partial charge in [0.1, 0.15) is 17.5 Å². The number of carboxylic acids is 2. The molecule has 1 amide bonds. The van der Waals surface area contributed by atoms with Crippen LogP contribution in [0.4, 0.5) is 11.4 Å². The van der Waals surface area contributed by atoms with E-state index in [9.17, 15) is 32.5 Å². The Morgan fingerprint density at radius 2 is 1.61 bits per heavy atom. The van der Waals surface area contributed by atoms with Crippen LogP contribution in [0, 0.1) is 0 Å². The van der Waals surface area contributed by atoms with E-state index in [1.54, 1.807) is 12.1 Å². The van der Waals surface area contributed by atoms with Crippen LogP contribution in [0.5, 0.6) is 0 Å². The lowest BCUT2D eigenvalue weighted by molar-refractivity contribution is -0.438. The normalized spacial score (nSPS) is 16.7. The molecule has 0 aromatic heterocycles. The zero-order valence-corrected chi connectivity index (χ0v) is 38.1. The summed E-state index contributed by atoms with van der Waals surface area (Å²) in [4.78, 5) is 37.0. The van der Waals surface area contributed by atoms with Crippen molar-refractivity contribution in [1.29, 1.82) is 0 Å². The van der Waals surface area contributed by atoms with Gasteiger partial charge in [-0.1, -0.05) is 72.5 Å². The molecule has 2 heterocycles. The highest BCUT2D eigenvalue weighted by Gasteiger charge is 2.46. The third-order valence-electron chi connectivity index (χ3n) is 11.1. The Kier molecular flexibility index (Phi) is 17.5. The molecule has 0 saturated carbocycles. The van der Waals surface area contributed by atoms with Gasteiger partial charge in [0, 0.05) is 82.0 Å². The minimum atomic E-state index is -4.73. The molecule has 17 nitrogen and oxygen atoms in total. The lowest BCUT2D eigenvalue weighted by atomic mass is 9.79. The fourth-order valence-electron chi connectivity index (χ4n) is 8.24. The Bertz CT molecular complexity index is 2480. The number of hydrogen-bond acceptors (Lipinski definition) is 14. The van der Waals surface area contributed by atoms with Crippen molar-refractivity contribution in [2.45, 2.75) is 92.9 Å².